The number of amides is 1. The van der Waals surface area contributed by atoms with E-state index in [1.807, 2.05) is 51.8 Å². The van der Waals surface area contributed by atoms with Gasteiger partial charge in [-0.05, 0) is 50.9 Å². The molecule has 7 heteroatoms. The quantitative estimate of drug-likeness (QED) is 0.206. The summed E-state index contributed by atoms with van der Waals surface area (Å²) in [5.41, 5.74) is 0.768. The Balaban J connectivity index is -0.000000753. The molecule has 3 atom stereocenters. The van der Waals surface area contributed by atoms with E-state index >= 15 is 0 Å². The van der Waals surface area contributed by atoms with Gasteiger partial charge in [0.25, 0.3) is 5.91 Å². The number of piperazine rings is 1. The third-order valence-electron chi connectivity index (χ3n) is 7.86. The van der Waals surface area contributed by atoms with Crippen molar-refractivity contribution in [1.29, 1.82) is 0 Å². The molecule has 0 bridgehead atoms. The maximum absolute atomic E-state index is 12.7. The zero-order valence-electron chi connectivity index (χ0n) is 29.0. The van der Waals surface area contributed by atoms with E-state index in [9.17, 15) is 14.3 Å². The van der Waals surface area contributed by atoms with Gasteiger partial charge in [0.1, 0.15) is 30.0 Å². The highest BCUT2D eigenvalue weighted by atomic mass is 19.1. The van der Waals surface area contributed by atoms with Crippen molar-refractivity contribution < 1.29 is 19.4 Å². The second-order valence-electron chi connectivity index (χ2n) is 10.6. The van der Waals surface area contributed by atoms with E-state index in [1.165, 1.54) is 38.5 Å². The molecule has 1 aliphatic carbocycles. The monoisotopic (exact) mass is 596 g/mol. The highest BCUT2D eigenvalue weighted by Crippen LogP contribution is 2.49. The number of hydrogen-bond donors (Lipinski definition) is 2. The largest absolute Gasteiger partial charge is 0.508 e. The SMILES string of the molecule is C#C.CC.CC.CCC/C=C\CC(C)F.CCCC(C)C1(CC2=NCC(O)=C3C(=O)N(C)C(C)CN23)CCCC1.CO. The summed E-state index contributed by atoms with van der Waals surface area (Å²) in [5, 5.41) is 17.3. The Labute approximate surface area is 259 Å². The van der Waals surface area contributed by atoms with E-state index in [1.54, 1.807) is 11.8 Å². The van der Waals surface area contributed by atoms with Crippen LogP contribution in [0.3, 0.4) is 0 Å². The lowest BCUT2D eigenvalue weighted by Crippen LogP contribution is -2.56. The highest BCUT2D eigenvalue weighted by molar-refractivity contribution is 6.01. The van der Waals surface area contributed by atoms with E-state index in [4.69, 9.17) is 10.1 Å². The van der Waals surface area contributed by atoms with E-state index in [0.29, 0.717) is 23.5 Å². The number of unbranched alkanes of at least 4 members (excludes halogenated alkanes) is 1. The summed E-state index contributed by atoms with van der Waals surface area (Å²) in [4.78, 5) is 21.1. The van der Waals surface area contributed by atoms with Crippen LogP contribution >= 0.6 is 0 Å². The fraction of sp³-hybridized carbons (Fsp3) is 0.771. The summed E-state index contributed by atoms with van der Waals surface area (Å²) < 4.78 is 12.1. The maximum Gasteiger partial charge on any atom is 0.274 e. The molecular formula is C35H66FN3O3. The summed E-state index contributed by atoms with van der Waals surface area (Å²) in [6.45, 7) is 19.4. The number of allylic oxidation sites excluding steroid dienone is 2. The first-order chi connectivity index (χ1) is 20.2. The van der Waals surface area contributed by atoms with Gasteiger partial charge < -0.3 is 20.0 Å². The Morgan fingerprint density at radius 2 is 1.62 bits per heavy atom. The molecular weight excluding hydrogens is 529 g/mol. The van der Waals surface area contributed by atoms with Gasteiger partial charge in [0.2, 0.25) is 0 Å². The molecule has 2 fully saturated rings. The number of fused-ring (bicyclic) bond motifs is 1. The maximum atomic E-state index is 12.7. The number of carbonyl (C=O) groups is 1. The number of rotatable bonds is 9. The minimum absolute atomic E-state index is 0.0780. The molecule has 1 amide bonds. The number of hydrogen-bond acceptors (Lipinski definition) is 5. The van der Waals surface area contributed by atoms with Gasteiger partial charge in [0.15, 0.2) is 0 Å². The summed E-state index contributed by atoms with van der Waals surface area (Å²) in [6.07, 6.45) is 22.6. The predicted molar refractivity (Wildman–Crippen MR) is 180 cm³/mol. The number of aliphatic hydroxyl groups is 2. The van der Waals surface area contributed by atoms with Crippen molar-refractivity contribution in [2.75, 3.05) is 27.2 Å². The van der Waals surface area contributed by atoms with E-state index in [0.717, 1.165) is 38.8 Å². The summed E-state index contributed by atoms with van der Waals surface area (Å²) in [7, 11) is 2.82. The molecule has 0 aromatic heterocycles. The summed E-state index contributed by atoms with van der Waals surface area (Å²) in [6, 6.07) is 0.125. The van der Waals surface area contributed by atoms with Crippen molar-refractivity contribution in [1.82, 2.24) is 9.80 Å². The third-order valence-corrected chi connectivity index (χ3v) is 7.86. The molecule has 42 heavy (non-hydrogen) atoms. The molecule has 246 valence electrons. The summed E-state index contributed by atoms with van der Waals surface area (Å²) >= 11 is 0. The first-order valence-corrected chi connectivity index (χ1v) is 16.2. The number of halogens is 1. The molecule has 0 aromatic carbocycles. The van der Waals surface area contributed by atoms with Crippen LogP contribution in [-0.4, -0.2) is 71.2 Å². The molecule has 3 rings (SSSR count). The zero-order chi connectivity index (χ0) is 33.3. The lowest BCUT2D eigenvalue weighted by Gasteiger charge is -2.45. The number of terminal acetylenes is 1. The van der Waals surface area contributed by atoms with Crippen LogP contribution in [0.15, 0.2) is 28.6 Å². The minimum atomic E-state index is -0.682. The fourth-order valence-electron chi connectivity index (χ4n) is 5.50. The normalized spacial score (nSPS) is 19.9. The van der Waals surface area contributed by atoms with E-state index in [-0.39, 0.29) is 24.3 Å². The lowest BCUT2D eigenvalue weighted by atomic mass is 9.70. The van der Waals surface area contributed by atoms with Gasteiger partial charge >= 0.3 is 0 Å². The Morgan fingerprint density at radius 3 is 2.10 bits per heavy atom. The summed E-state index contributed by atoms with van der Waals surface area (Å²) in [5.74, 6) is 1.73. The van der Waals surface area contributed by atoms with Gasteiger partial charge in [0, 0.05) is 33.2 Å². The first kappa shape index (κ1) is 44.1. The van der Waals surface area contributed by atoms with Gasteiger partial charge in [-0.15, -0.1) is 12.8 Å². The zero-order valence-corrected chi connectivity index (χ0v) is 29.0. The Hall–Kier alpha value is -2.33. The molecule has 3 unspecified atom stereocenters. The molecule has 2 heterocycles. The molecule has 2 aliphatic heterocycles. The van der Waals surface area contributed by atoms with Crippen molar-refractivity contribution in [3.05, 3.63) is 23.6 Å². The predicted octanol–water partition coefficient (Wildman–Crippen LogP) is 8.72. The number of aliphatic imine (C=N–C) groups is 1. The molecule has 2 N–H and O–H groups in total. The van der Waals surface area contributed by atoms with Gasteiger partial charge in [-0.3, -0.25) is 9.79 Å². The smallest absolute Gasteiger partial charge is 0.274 e. The van der Waals surface area contributed by atoms with Crippen molar-refractivity contribution in [3.8, 4) is 12.8 Å². The first-order valence-electron chi connectivity index (χ1n) is 16.2. The Morgan fingerprint density at radius 1 is 1.07 bits per heavy atom. The van der Waals surface area contributed by atoms with E-state index < -0.39 is 6.17 Å². The van der Waals surface area contributed by atoms with Crippen LogP contribution in [0.2, 0.25) is 0 Å². The molecule has 0 radical (unpaired) electrons. The van der Waals surface area contributed by atoms with Gasteiger partial charge in [-0.2, -0.15) is 0 Å². The number of nitrogens with zero attached hydrogens (tertiary/aromatic N) is 3. The van der Waals surface area contributed by atoms with Crippen molar-refractivity contribution in [2.24, 2.45) is 16.3 Å². The van der Waals surface area contributed by atoms with Gasteiger partial charge in [0.05, 0.1) is 0 Å². The number of alkyl halides is 1. The Kier molecular flexibility index (Phi) is 27.6. The minimum Gasteiger partial charge on any atom is -0.508 e. The number of aliphatic hydroxyl groups excluding tert-OH is 2. The second-order valence-corrected chi connectivity index (χ2v) is 10.6. The molecule has 3 aliphatic rings. The topological polar surface area (TPSA) is 76.4 Å². The third kappa shape index (κ3) is 14.2. The molecule has 0 spiro atoms. The average molecular weight is 596 g/mol. The molecule has 0 aromatic rings. The van der Waals surface area contributed by atoms with Gasteiger partial charge in [-0.25, -0.2) is 4.39 Å². The van der Waals surface area contributed by atoms with Crippen LogP contribution < -0.4 is 0 Å². The molecule has 6 nitrogen and oxygen atoms in total. The van der Waals surface area contributed by atoms with Gasteiger partial charge in [-0.1, -0.05) is 92.7 Å². The molecule has 1 saturated heterocycles. The number of likely N-dealkylation sites (N-methyl/N-ethyl adjacent to an activating group) is 1. The highest BCUT2D eigenvalue weighted by Gasteiger charge is 2.44. The Bertz CT molecular complexity index is 799. The van der Waals surface area contributed by atoms with Crippen LogP contribution in [0, 0.1) is 24.2 Å². The van der Waals surface area contributed by atoms with Crippen LogP contribution in [0.5, 0.6) is 0 Å². The van der Waals surface area contributed by atoms with Crippen LogP contribution in [0.25, 0.3) is 0 Å². The van der Waals surface area contributed by atoms with E-state index in [2.05, 4.69) is 40.5 Å². The van der Waals surface area contributed by atoms with Crippen molar-refractivity contribution in [3.63, 3.8) is 0 Å². The van der Waals surface area contributed by atoms with Crippen molar-refractivity contribution in [2.45, 2.75) is 139 Å². The number of amidine groups is 1. The van der Waals surface area contributed by atoms with Crippen molar-refractivity contribution >= 4 is 11.7 Å². The fourth-order valence-corrected chi connectivity index (χ4v) is 5.50. The van der Waals surface area contributed by atoms with Crippen LogP contribution in [-0.2, 0) is 4.79 Å². The second kappa shape index (κ2) is 26.3. The lowest BCUT2D eigenvalue weighted by molar-refractivity contribution is -0.131. The number of carbonyl (C=O) groups excluding carboxylic acids is 1. The van der Waals surface area contributed by atoms with Crippen LogP contribution in [0.4, 0.5) is 4.39 Å². The van der Waals surface area contributed by atoms with Crippen LogP contribution in [0.1, 0.15) is 127 Å². The average Bonchev–Trinajstić information content (AvgIpc) is 3.50. The standard InChI is InChI=1S/C20H33N3O2.C8H15F.2C2H6.C2H2.CH4O/c1-5-8-14(2)20(9-6-7-10-20)11-17-21-12-16(24)18-19(25)22(4)15(3)13-23(17)18;1-3-4-5-6-7-8(2)9;4*1-2/h14-15,24H,5-13H2,1-4H3;5-6,8H,3-4,7H2,1-2H3;2*1-2H3;1-2H;2H,1H3/b;6-5-;;;;. The molecule has 1 saturated carbocycles.